The fourth-order valence-corrected chi connectivity index (χ4v) is 2.47. The Bertz CT molecular complexity index is 664. The van der Waals surface area contributed by atoms with Gasteiger partial charge in [0, 0.05) is 11.0 Å². The molecule has 108 valence electrons. The molecular weight excluding hydrogens is 288 g/mol. The molecule has 1 unspecified atom stereocenters. The van der Waals surface area contributed by atoms with Crippen molar-refractivity contribution in [3.05, 3.63) is 52.1 Å². The zero-order valence-electron chi connectivity index (χ0n) is 11.4. The number of thiophene rings is 1. The third-order valence-corrected chi connectivity index (χ3v) is 3.96. The van der Waals surface area contributed by atoms with Crippen molar-refractivity contribution in [2.45, 2.75) is 12.5 Å². The lowest BCUT2D eigenvalue weighted by atomic mass is 10.1. The van der Waals surface area contributed by atoms with E-state index in [1.165, 1.54) is 23.7 Å². The molecule has 5 nitrogen and oxygen atoms in total. The molecule has 0 aliphatic heterocycles. The summed E-state index contributed by atoms with van der Waals surface area (Å²) in [6.45, 7) is 1.63. The molecule has 0 aromatic carbocycles. The van der Waals surface area contributed by atoms with E-state index in [-0.39, 0.29) is 12.1 Å². The zero-order valence-corrected chi connectivity index (χ0v) is 12.2. The summed E-state index contributed by atoms with van der Waals surface area (Å²) in [6, 6.07) is 8.75. The van der Waals surface area contributed by atoms with Crippen LogP contribution in [0.25, 0.3) is 6.08 Å². The van der Waals surface area contributed by atoms with Crippen molar-refractivity contribution in [3.63, 3.8) is 0 Å². The zero-order chi connectivity index (χ0) is 15.3. The Morgan fingerprint density at radius 3 is 2.95 bits per heavy atom. The molecule has 1 amide bonds. The number of carbonyl (C=O) groups is 1. The van der Waals surface area contributed by atoms with E-state index >= 15 is 0 Å². The van der Waals surface area contributed by atoms with Crippen LogP contribution in [0.4, 0.5) is 0 Å². The summed E-state index contributed by atoms with van der Waals surface area (Å²) in [5.74, 6) is -0.127. The lowest BCUT2D eigenvalue weighted by Crippen LogP contribution is -2.38. The smallest absolute Gasteiger partial charge is 0.262 e. The molecule has 0 spiro atoms. The summed E-state index contributed by atoms with van der Waals surface area (Å²) < 4.78 is 5.07. The predicted octanol–water partition coefficient (Wildman–Crippen LogP) is 2.27. The molecule has 0 aliphatic carbocycles. The van der Waals surface area contributed by atoms with Gasteiger partial charge in [-0.1, -0.05) is 6.07 Å². The molecule has 2 heterocycles. The normalized spacial score (nSPS) is 14.2. The molecular formula is C15H14N2O3S. The van der Waals surface area contributed by atoms with Crippen LogP contribution in [0.1, 0.15) is 17.6 Å². The van der Waals surface area contributed by atoms with Crippen LogP contribution in [0.5, 0.6) is 0 Å². The Hall–Kier alpha value is -2.36. The Morgan fingerprint density at radius 2 is 2.38 bits per heavy atom. The molecule has 0 fully saturated rings. The van der Waals surface area contributed by atoms with Gasteiger partial charge in [0.05, 0.1) is 12.8 Å². The summed E-state index contributed by atoms with van der Waals surface area (Å²) in [4.78, 5) is 12.7. The lowest BCUT2D eigenvalue weighted by Gasteiger charge is -2.22. The molecule has 0 aliphatic rings. The van der Waals surface area contributed by atoms with Gasteiger partial charge in [0.2, 0.25) is 0 Å². The molecule has 0 saturated carbocycles. The Kier molecular flexibility index (Phi) is 4.58. The van der Waals surface area contributed by atoms with Crippen molar-refractivity contribution in [1.29, 1.82) is 5.26 Å². The van der Waals surface area contributed by atoms with Gasteiger partial charge in [0.1, 0.15) is 23.0 Å². The van der Waals surface area contributed by atoms with Crippen molar-refractivity contribution in [2.75, 3.05) is 6.54 Å². The Labute approximate surface area is 126 Å². The monoisotopic (exact) mass is 302 g/mol. The maximum absolute atomic E-state index is 12.0. The van der Waals surface area contributed by atoms with E-state index in [1.807, 2.05) is 17.5 Å². The highest BCUT2D eigenvalue weighted by Crippen LogP contribution is 2.24. The van der Waals surface area contributed by atoms with Gasteiger partial charge < -0.3 is 14.8 Å². The minimum atomic E-state index is -1.17. The van der Waals surface area contributed by atoms with Crippen LogP contribution in [-0.4, -0.2) is 17.6 Å². The summed E-state index contributed by atoms with van der Waals surface area (Å²) in [6.07, 6.45) is 2.81. The third kappa shape index (κ3) is 3.81. The minimum absolute atomic E-state index is 0.0174. The largest absolute Gasteiger partial charge is 0.465 e. The van der Waals surface area contributed by atoms with Gasteiger partial charge in [-0.05, 0) is 30.5 Å². The second-order valence-electron chi connectivity index (χ2n) is 4.62. The lowest BCUT2D eigenvalue weighted by molar-refractivity contribution is -0.118. The standard InChI is InChI=1S/C15H14N2O3S/c1-15(19,13-5-3-7-21-13)10-17-14(18)11(9-16)8-12-4-2-6-20-12/h2-8,19H,10H2,1H3,(H,17,18)/b11-8+. The molecule has 1 atom stereocenters. The quantitative estimate of drug-likeness (QED) is 0.655. The van der Waals surface area contributed by atoms with Gasteiger partial charge in [0.15, 0.2) is 0 Å². The van der Waals surface area contributed by atoms with Crippen molar-refractivity contribution >= 4 is 23.3 Å². The number of aliphatic hydroxyl groups is 1. The first-order valence-electron chi connectivity index (χ1n) is 6.23. The van der Waals surface area contributed by atoms with Gasteiger partial charge >= 0.3 is 0 Å². The number of hydrogen-bond donors (Lipinski definition) is 2. The van der Waals surface area contributed by atoms with Crippen LogP contribution in [0.2, 0.25) is 0 Å². The van der Waals surface area contributed by atoms with E-state index in [2.05, 4.69) is 5.32 Å². The number of nitrogens with zero attached hydrogens (tertiary/aromatic N) is 1. The van der Waals surface area contributed by atoms with E-state index in [0.717, 1.165) is 4.88 Å². The van der Waals surface area contributed by atoms with Crippen LogP contribution >= 0.6 is 11.3 Å². The van der Waals surface area contributed by atoms with Gasteiger partial charge in [-0.2, -0.15) is 5.26 Å². The van der Waals surface area contributed by atoms with Crippen LogP contribution in [-0.2, 0) is 10.4 Å². The SMILES string of the molecule is CC(O)(CNC(=O)/C(C#N)=C/c1ccco1)c1cccs1. The first-order chi connectivity index (χ1) is 10.0. The van der Waals surface area contributed by atoms with E-state index in [1.54, 1.807) is 25.1 Å². The molecule has 2 aromatic heterocycles. The van der Waals surface area contributed by atoms with E-state index in [9.17, 15) is 9.90 Å². The van der Waals surface area contributed by atoms with Crippen LogP contribution in [0.3, 0.4) is 0 Å². The first-order valence-corrected chi connectivity index (χ1v) is 7.11. The fraction of sp³-hybridized carbons (Fsp3) is 0.200. The molecule has 2 N–H and O–H groups in total. The Morgan fingerprint density at radius 1 is 1.57 bits per heavy atom. The number of carbonyl (C=O) groups excluding carboxylic acids is 1. The van der Waals surface area contributed by atoms with Gasteiger partial charge in [-0.25, -0.2) is 0 Å². The molecule has 0 radical (unpaired) electrons. The van der Waals surface area contributed by atoms with Crippen molar-refractivity contribution in [1.82, 2.24) is 5.32 Å². The molecule has 2 rings (SSSR count). The maximum Gasteiger partial charge on any atom is 0.262 e. The minimum Gasteiger partial charge on any atom is -0.465 e. The number of hydrogen-bond acceptors (Lipinski definition) is 5. The predicted molar refractivity (Wildman–Crippen MR) is 79.2 cm³/mol. The number of nitriles is 1. The summed E-state index contributed by atoms with van der Waals surface area (Å²) in [5, 5.41) is 23.7. The van der Waals surface area contributed by atoms with Crippen molar-refractivity contribution in [2.24, 2.45) is 0 Å². The average molecular weight is 302 g/mol. The fourth-order valence-electron chi connectivity index (χ4n) is 1.68. The van der Waals surface area contributed by atoms with Crippen molar-refractivity contribution in [3.8, 4) is 6.07 Å². The second kappa shape index (κ2) is 6.39. The van der Waals surface area contributed by atoms with Crippen LogP contribution < -0.4 is 5.32 Å². The highest BCUT2D eigenvalue weighted by atomic mass is 32.1. The van der Waals surface area contributed by atoms with Crippen LogP contribution in [0.15, 0.2) is 45.9 Å². The first kappa shape index (κ1) is 15.0. The molecule has 6 heteroatoms. The number of amides is 1. The average Bonchev–Trinajstić information content (AvgIpc) is 3.14. The number of rotatable bonds is 5. The third-order valence-electron chi connectivity index (χ3n) is 2.84. The summed E-state index contributed by atoms with van der Waals surface area (Å²) >= 11 is 1.40. The second-order valence-corrected chi connectivity index (χ2v) is 5.57. The van der Waals surface area contributed by atoms with E-state index in [4.69, 9.17) is 9.68 Å². The summed E-state index contributed by atoms with van der Waals surface area (Å²) in [7, 11) is 0. The van der Waals surface area contributed by atoms with E-state index < -0.39 is 11.5 Å². The molecule has 2 aromatic rings. The topological polar surface area (TPSA) is 86.3 Å². The maximum atomic E-state index is 12.0. The highest BCUT2D eigenvalue weighted by molar-refractivity contribution is 7.10. The highest BCUT2D eigenvalue weighted by Gasteiger charge is 2.25. The number of nitrogens with one attached hydrogen (secondary N) is 1. The van der Waals surface area contributed by atoms with Gasteiger partial charge in [-0.3, -0.25) is 4.79 Å². The molecule has 21 heavy (non-hydrogen) atoms. The van der Waals surface area contributed by atoms with Crippen molar-refractivity contribution < 1.29 is 14.3 Å². The van der Waals surface area contributed by atoms with Gasteiger partial charge in [0.25, 0.3) is 5.91 Å². The summed E-state index contributed by atoms with van der Waals surface area (Å²) in [5.41, 5.74) is -1.25. The van der Waals surface area contributed by atoms with Gasteiger partial charge in [-0.15, -0.1) is 11.3 Å². The van der Waals surface area contributed by atoms with Crippen LogP contribution in [0, 0.1) is 11.3 Å². The molecule has 0 saturated heterocycles. The number of furan rings is 1. The van der Waals surface area contributed by atoms with E-state index in [0.29, 0.717) is 5.76 Å². The molecule has 0 bridgehead atoms. The Balaban J connectivity index is 2.03.